The van der Waals surface area contributed by atoms with E-state index in [2.05, 4.69) is 10.4 Å². The number of hydrogen-bond donors (Lipinski definition) is 1. The van der Waals surface area contributed by atoms with Gasteiger partial charge in [0.25, 0.3) is 5.91 Å². The van der Waals surface area contributed by atoms with E-state index in [4.69, 9.17) is 4.74 Å². The fourth-order valence-corrected chi connectivity index (χ4v) is 3.15. The first kappa shape index (κ1) is 20.1. The van der Waals surface area contributed by atoms with Crippen molar-refractivity contribution in [2.75, 3.05) is 11.9 Å². The van der Waals surface area contributed by atoms with Crippen LogP contribution in [0, 0.1) is 6.92 Å². The van der Waals surface area contributed by atoms with Crippen LogP contribution in [0.5, 0.6) is 0 Å². The van der Waals surface area contributed by atoms with E-state index in [-0.39, 0.29) is 0 Å². The van der Waals surface area contributed by atoms with Crippen LogP contribution in [0.1, 0.15) is 15.9 Å². The Kier molecular flexibility index (Phi) is 5.89. The van der Waals surface area contributed by atoms with Gasteiger partial charge in [0.1, 0.15) is 11.3 Å². The van der Waals surface area contributed by atoms with Gasteiger partial charge in [-0.05, 0) is 30.7 Å². The van der Waals surface area contributed by atoms with Gasteiger partial charge in [-0.25, -0.2) is 9.48 Å². The Morgan fingerprint density at radius 3 is 2.26 bits per heavy atom. The minimum Gasteiger partial charge on any atom is -0.452 e. The molecule has 0 fully saturated rings. The molecule has 0 saturated heterocycles. The second-order valence-electron chi connectivity index (χ2n) is 6.98. The van der Waals surface area contributed by atoms with Gasteiger partial charge in [0.2, 0.25) is 0 Å². The summed E-state index contributed by atoms with van der Waals surface area (Å²) in [5, 5.41) is 7.35. The Morgan fingerprint density at radius 1 is 0.903 bits per heavy atom. The van der Waals surface area contributed by atoms with Crippen LogP contribution in [0.15, 0.2) is 91.1 Å². The highest BCUT2D eigenvalue weighted by Crippen LogP contribution is 2.24. The number of nitrogens with zero attached hydrogens (tertiary/aromatic N) is 2. The standard InChI is InChI=1S/C25H21N3O3/c1-18-10-8-9-15-22(18)26-23(29)17-31-25(30)21-16-28(20-13-6-3-7-14-20)27-24(21)19-11-4-2-5-12-19/h2-16H,17H2,1H3,(H,26,29). The van der Waals surface area contributed by atoms with Gasteiger partial charge in [-0.1, -0.05) is 66.7 Å². The lowest BCUT2D eigenvalue weighted by Crippen LogP contribution is -2.21. The zero-order chi connectivity index (χ0) is 21.6. The minimum atomic E-state index is -0.610. The summed E-state index contributed by atoms with van der Waals surface area (Å²) < 4.78 is 6.94. The number of ether oxygens (including phenoxy) is 1. The zero-order valence-corrected chi connectivity index (χ0v) is 17.0. The molecule has 0 bridgehead atoms. The van der Waals surface area contributed by atoms with E-state index in [0.717, 1.165) is 16.8 Å². The lowest BCUT2D eigenvalue weighted by Gasteiger charge is -2.08. The van der Waals surface area contributed by atoms with Gasteiger partial charge in [-0.3, -0.25) is 4.79 Å². The number of para-hydroxylation sites is 2. The molecule has 0 radical (unpaired) electrons. The molecule has 1 amide bonds. The first-order valence-corrected chi connectivity index (χ1v) is 9.85. The summed E-state index contributed by atoms with van der Waals surface area (Å²) >= 11 is 0. The maximum atomic E-state index is 12.9. The molecule has 31 heavy (non-hydrogen) atoms. The number of benzene rings is 3. The Labute approximate surface area is 180 Å². The van der Waals surface area contributed by atoms with E-state index in [1.54, 1.807) is 16.9 Å². The van der Waals surface area contributed by atoms with Crippen molar-refractivity contribution in [3.05, 3.63) is 102 Å². The highest BCUT2D eigenvalue weighted by Gasteiger charge is 2.21. The van der Waals surface area contributed by atoms with E-state index in [1.807, 2.05) is 85.8 Å². The molecule has 6 heteroatoms. The predicted octanol–water partition coefficient (Wildman–Crippen LogP) is 4.64. The van der Waals surface area contributed by atoms with Crippen molar-refractivity contribution in [1.82, 2.24) is 9.78 Å². The average molecular weight is 411 g/mol. The van der Waals surface area contributed by atoms with Gasteiger partial charge in [0.15, 0.2) is 6.61 Å². The van der Waals surface area contributed by atoms with Crippen LogP contribution in [0.4, 0.5) is 5.69 Å². The Bertz CT molecular complexity index is 1200. The number of amides is 1. The van der Waals surface area contributed by atoms with Crippen LogP contribution in [0.3, 0.4) is 0 Å². The molecule has 0 saturated carbocycles. The van der Waals surface area contributed by atoms with E-state index >= 15 is 0 Å². The summed E-state index contributed by atoms with van der Waals surface area (Å²) in [7, 11) is 0. The van der Waals surface area contributed by atoms with Crippen molar-refractivity contribution in [3.8, 4) is 16.9 Å². The van der Waals surface area contributed by atoms with E-state index in [0.29, 0.717) is 16.9 Å². The third kappa shape index (κ3) is 4.70. The molecule has 1 N–H and O–H groups in total. The summed E-state index contributed by atoms with van der Waals surface area (Å²) in [6, 6.07) is 26.3. The molecule has 1 aromatic heterocycles. The number of hydrogen-bond acceptors (Lipinski definition) is 4. The molecule has 1 heterocycles. The maximum absolute atomic E-state index is 12.9. The molecule has 4 rings (SSSR count). The summed E-state index contributed by atoms with van der Waals surface area (Å²) in [6.07, 6.45) is 1.62. The van der Waals surface area contributed by atoms with Crippen molar-refractivity contribution < 1.29 is 14.3 Å². The number of carbonyl (C=O) groups excluding carboxylic acids is 2. The molecule has 4 aromatic rings. The Morgan fingerprint density at radius 2 is 1.55 bits per heavy atom. The quantitative estimate of drug-likeness (QED) is 0.469. The second kappa shape index (κ2) is 9.09. The van der Waals surface area contributed by atoms with Gasteiger partial charge in [0.05, 0.1) is 5.69 Å². The first-order chi connectivity index (χ1) is 15.1. The van der Waals surface area contributed by atoms with Crippen LogP contribution < -0.4 is 5.32 Å². The molecule has 3 aromatic carbocycles. The Hall–Kier alpha value is -4.19. The third-order valence-electron chi connectivity index (χ3n) is 4.76. The smallest absolute Gasteiger partial charge is 0.342 e. The number of aromatic nitrogens is 2. The van der Waals surface area contributed by atoms with Crippen LogP contribution in [-0.2, 0) is 9.53 Å². The van der Waals surface area contributed by atoms with E-state index in [1.165, 1.54) is 0 Å². The topological polar surface area (TPSA) is 73.2 Å². The van der Waals surface area contributed by atoms with Gasteiger partial charge < -0.3 is 10.1 Å². The molecule has 6 nitrogen and oxygen atoms in total. The normalized spacial score (nSPS) is 10.5. The molecule has 0 aliphatic carbocycles. The molecule has 154 valence electrons. The second-order valence-corrected chi connectivity index (χ2v) is 6.98. The largest absolute Gasteiger partial charge is 0.452 e. The lowest BCUT2D eigenvalue weighted by atomic mass is 10.1. The van der Waals surface area contributed by atoms with Crippen LogP contribution in [0.2, 0.25) is 0 Å². The van der Waals surface area contributed by atoms with Crippen molar-refractivity contribution in [2.45, 2.75) is 6.92 Å². The highest BCUT2D eigenvalue weighted by molar-refractivity contribution is 5.99. The van der Waals surface area contributed by atoms with Gasteiger partial charge in [0, 0.05) is 17.4 Å². The molecule has 0 unspecified atom stereocenters. The summed E-state index contributed by atoms with van der Waals surface area (Å²) in [5.41, 5.74) is 4.00. The number of aryl methyl sites for hydroxylation is 1. The Balaban J connectivity index is 1.55. The third-order valence-corrected chi connectivity index (χ3v) is 4.76. The highest BCUT2D eigenvalue weighted by atomic mass is 16.5. The summed E-state index contributed by atoms with van der Waals surface area (Å²) in [6.45, 7) is 1.50. The molecule has 0 spiro atoms. The first-order valence-electron chi connectivity index (χ1n) is 9.85. The van der Waals surface area contributed by atoms with Gasteiger partial charge >= 0.3 is 5.97 Å². The molecular formula is C25H21N3O3. The number of carbonyl (C=O) groups is 2. The lowest BCUT2D eigenvalue weighted by molar-refractivity contribution is -0.119. The molecule has 0 atom stereocenters. The minimum absolute atomic E-state index is 0.291. The summed E-state index contributed by atoms with van der Waals surface area (Å²) in [4.78, 5) is 25.1. The van der Waals surface area contributed by atoms with Crippen molar-refractivity contribution in [3.63, 3.8) is 0 Å². The zero-order valence-electron chi connectivity index (χ0n) is 17.0. The fraction of sp³-hybridized carbons (Fsp3) is 0.0800. The monoisotopic (exact) mass is 411 g/mol. The van der Waals surface area contributed by atoms with Gasteiger partial charge in [-0.2, -0.15) is 5.10 Å². The maximum Gasteiger partial charge on any atom is 0.342 e. The van der Waals surface area contributed by atoms with Crippen LogP contribution in [-0.4, -0.2) is 28.3 Å². The average Bonchev–Trinajstić information content (AvgIpc) is 3.26. The van der Waals surface area contributed by atoms with E-state index in [9.17, 15) is 9.59 Å². The molecule has 0 aliphatic rings. The number of rotatable bonds is 6. The number of esters is 1. The van der Waals surface area contributed by atoms with Crippen molar-refractivity contribution in [2.24, 2.45) is 0 Å². The summed E-state index contributed by atoms with van der Waals surface area (Å²) in [5.74, 6) is -1.01. The van der Waals surface area contributed by atoms with Crippen LogP contribution in [0.25, 0.3) is 16.9 Å². The number of anilines is 1. The molecule has 0 aliphatic heterocycles. The molecular weight excluding hydrogens is 390 g/mol. The fourth-order valence-electron chi connectivity index (χ4n) is 3.15. The van der Waals surface area contributed by atoms with Crippen molar-refractivity contribution >= 4 is 17.6 Å². The SMILES string of the molecule is Cc1ccccc1NC(=O)COC(=O)c1cn(-c2ccccc2)nc1-c1ccccc1. The van der Waals surface area contributed by atoms with Gasteiger partial charge in [-0.15, -0.1) is 0 Å². The van der Waals surface area contributed by atoms with E-state index < -0.39 is 18.5 Å². The predicted molar refractivity (Wildman–Crippen MR) is 119 cm³/mol. The number of nitrogens with one attached hydrogen (secondary N) is 1. The van der Waals surface area contributed by atoms with Crippen molar-refractivity contribution in [1.29, 1.82) is 0 Å². The van der Waals surface area contributed by atoms with Crippen LogP contribution >= 0.6 is 0 Å².